The largest absolute Gasteiger partial charge is 0.490 e. The Hall–Kier alpha value is -2.58. The average molecular weight is 421 g/mol. The molecule has 1 N–H and O–H groups in total. The summed E-state index contributed by atoms with van der Waals surface area (Å²) < 4.78 is 36.6. The quantitative estimate of drug-likeness (QED) is 0.673. The maximum Gasteiger partial charge on any atom is 0.251 e. The molecule has 0 aliphatic carbocycles. The molecule has 0 unspecified atom stereocenters. The van der Waals surface area contributed by atoms with Gasteiger partial charge in [-0.05, 0) is 62.7 Å². The van der Waals surface area contributed by atoms with E-state index in [1.54, 1.807) is 0 Å². The zero-order chi connectivity index (χ0) is 21.6. The predicted octanol–water partition coefficient (Wildman–Crippen LogP) is 3.23. The van der Waals surface area contributed by atoms with Crippen molar-refractivity contribution in [2.24, 2.45) is 0 Å². The molecule has 0 aliphatic rings. The van der Waals surface area contributed by atoms with E-state index in [4.69, 9.17) is 9.47 Å². The Morgan fingerprint density at radius 1 is 1.00 bits per heavy atom. The first-order valence-corrected chi connectivity index (χ1v) is 10.9. The Labute approximate surface area is 172 Å². The molecule has 0 aromatic heterocycles. The highest BCUT2D eigenvalue weighted by Crippen LogP contribution is 2.30. The molecule has 0 fully saturated rings. The Bertz CT molecular complexity index is 940. The molecule has 158 valence electrons. The molecule has 2 aromatic rings. The van der Waals surface area contributed by atoms with Gasteiger partial charge < -0.3 is 14.8 Å². The van der Waals surface area contributed by atoms with Crippen LogP contribution in [0, 0.1) is 0 Å². The minimum absolute atomic E-state index is 0.139. The van der Waals surface area contributed by atoms with E-state index in [1.807, 2.05) is 39.0 Å². The zero-order valence-electron chi connectivity index (χ0n) is 17.4. The second kappa shape index (κ2) is 9.76. The van der Waals surface area contributed by atoms with E-state index >= 15 is 0 Å². The van der Waals surface area contributed by atoms with Crippen LogP contribution in [0.1, 0.15) is 42.7 Å². The number of benzene rings is 2. The molecule has 0 spiro atoms. The molecule has 0 saturated carbocycles. The highest BCUT2D eigenvalue weighted by Gasteiger charge is 2.18. The second-order valence-corrected chi connectivity index (χ2v) is 8.73. The molecule has 2 aromatic carbocycles. The molecule has 0 radical (unpaired) electrons. The number of nitrogens with zero attached hydrogens (tertiary/aromatic N) is 1. The lowest BCUT2D eigenvalue weighted by molar-refractivity contribution is 0.0939. The molecule has 1 atom stereocenters. The Morgan fingerprint density at radius 2 is 1.59 bits per heavy atom. The fourth-order valence-electron chi connectivity index (χ4n) is 2.69. The number of sulfonamides is 1. The number of rotatable bonds is 9. The van der Waals surface area contributed by atoms with Crippen molar-refractivity contribution in [2.45, 2.75) is 31.7 Å². The van der Waals surface area contributed by atoms with Gasteiger partial charge in [0.05, 0.1) is 24.2 Å². The first-order chi connectivity index (χ1) is 13.7. The van der Waals surface area contributed by atoms with Crippen LogP contribution in [-0.2, 0) is 10.0 Å². The van der Waals surface area contributed by atoms with Gasteiger partial charge in [0.25, 0.3) is 5.91 Å². The molecule has 8 heteroatoms. The van der Waals surface area contributed by atoms with E-state index in [1.165, 1.54) is 38.4 Å². The van der Waals surface area contributed by atoms with Crippen molar-refractivity contribution in [1.82, 2.24) is 9.62 Å². The van der Waals surface area contributed by atoms with Crippen molar-refractivity contribution in [3.8, 4) is 11.5 Å². The normalized spacial score (nSPS) is 12.5. The third kappa shape index (κ3) is 5.48. The van der Waals surface area contributed by atoms with Crippen LogP contribution < -0.4 is 14.8 Å². The van der Waals surface area contributed by atoms with Gasteiger partial charge in [0.15, 0.2) is 11.5 Å². The lowest BCUT2D eigenvalue weighted by Gasteiger charge is -2.18. The van der Waals surface area contributed by atoms with Crippen LogP contribution >= 0.6 is 0 Å². The molecule has 0 bridgehead atoms. The smallest absolute Gasteiger partial charge is 0.251 e. The Kier molecular flexibility index (Phi) is 7.64. The lowest BCUT2D eigenvalue weighted by atomic mass is 10.1. The molecular formula is C21H28N2O5S. The first-order valence-electron chi connectivity index (χ1n) is 9.43. The van der Waals surface area contributed by atoms with Gasteiger partial charge in [0.2, 0.25) is 10.0 Å². The summed E-state index contributed by atoms with van der Waals surface area (Å²) in [6.45, 7) is 6.71. The summed E-state index contributed by atoms with van der Waals surface area (Å²) >= 11 is 0. The fraction of sp³-hybridized carbons (Fsp3) is 0.381. The van der Waals surface area contributed by atoms with E-state index < -0.39 is 10.0 Å². The minimum Gasteiger partial charge on any atom is -0.490 e. The van der Waals surface area contributed by atoms with Crippen LogP contribution in [0.3, 0.4) is 0 Å². The predicted molar refractivity (Wildman–Crippen MR) is 112 cm³/mol. The minimum atomic E-state index is -3.53. The lowest BCUT2D eigenvalue weighted by Crippen LogP contribution is -2.27. The van der Waals surface area contributed by atoms with Crippen molar-refractivity contribution in [2.75, 3.05) is 27.3 Å². The fourth-order valence-corrected chi connectivity index (χ4v) is 3.59. The molecule has 0 saturated heterocycles. The third-order valence-electron chi connectivity index (χ3n) is 4.31. The van der Waals surface area contributed by atoms with Gasteiger partial charge in [-0.15, -0.1) is 0 Å². The number of carbonyl (C=O) groups excluding carboxylic acids is 1. The van der Waals surface area contributed by atoms with Gasteiger partial charge in [-0.2, -0.15) is 0 Å². The highest BCUT2D eigenvalue weighted by atomic mass is 32.2. The molecule has 0 heterocycles. The average Bonchev–Trinajstić information content (AvgIpc) is 2.69. The van der Waals surface area contributed by atoms with Gasteiger partial charge in [-0.1, -0.05) is 6.07 Å². The van der Waals surface area contributed by atoms with Gasteiger partial charge in [0.1, 0.15) is 0 Å². The SMILES string of the molecule is CCOc1ccc([C@@H](C)NC(=O)c2ccc(S(=O)(=O)N(C)C)cc2)cc1OCC. The Balaban J connectivity index is 2.15. The van der Waals surface area contributed by atoms with E-state index in [9.17, 15) is 13.2 Å². The number of hydrogen-bond acceptors (Lipinski definition) is 5. The van der Waals surface area contributed by atoms with Crippen LogP contribution in [0.15, 0.2) is 47.4 Å². The number of ether oxygens (including phenoxy) is 2. The van der Waals surface area contributed by atoms with E-state index in [2.05, 4.69) is 5.32 Å². The molecule has 1 amide bonds. The van der Waals surface area contributed by atoms with Gasteiger partial charge >= 0.3 is 0 Å². The molecular weight excluding hydrogens is 392 g/mol. The van der Waals surface area contributed by atoms with Crippen LogP contribution in [0.5, 0.6) is 11.5 Å². The maximum absolute atomic E-state index is 12.6. The monoisotopic (exact) mass is 420 g/mol. The topological polar surface area (TPSA) is 84.9 Å². The van der Waals surface area contributed by atoms with E-state index in [0.29, 0.717) is 30.3 Å². The summed E-state index contributed by atoms with van der Waals surface area (Å²) in [4.78, 5) is 12.7. The summed E-state index contributed by atoms with van der Waals surface area (Å²) in [6, 6.07) is 11.1. The van der Waals surface area contributed by atoms with Gasteiger partial charge in [-0.25, -0.2) is 12.7 Å². The highest BCUT2D eigenvalue weighted by molar-refractivity contribution is 7.89. The van der Waals surface area contributed by atoms with Crippen LogP contribution in [0.25, 0.3) is 0 Å². The van der Waals surface area contributed by atoms with Crippen molar-refractivity contribution in [3.63, 3.8) is 0 Å². The molecule has 29 heavy (non-hydrogen) atoms. The van der Waals surface area contributed by atoms with Crippen molar-refractivity contribution in [3.05, 3.63) is 53.6 Å². The Morgan fingerprint density at radius 3 is 2.14 bits per heavy atom. The maximum atomic E-state index is 12.6. The van der Waals surface area contributed by atoms with Gasteiger partial charge in [-0.3, -0.25) is 4.79 Å². The van der Waals surface area contributed by atoms with E-state index in [0.717, 1.165) is 9.87 Å². The summed E-state index contributed by atoms with van der Waals surface area (Å²) in [5.74, 6) is 0.999. The van der Waals surface area contributed by atoms with Crippen molar-refractivity contribution in [1.29, 1.82) is 0 Å². The first kappa shape index (κ1) is 22.7. The molecule has 2 rings (SSSR count). The number of nitrogens with one attached hydrogen (secondary N) is 1. The van der Waals surface area contributed by atoms with Crippen molar-refractivity contribution < 1.29 is 22.7 Å². The standard InChI is InChI=1S/C21H28N2O5S/c1-6-27-19-13-10-17(14-20(19)28-7-2)15(3)22-21(24)16-8-11-18(12-9-16)29(25,26)23(4)5/h8-15H,6-7H2,1-5H3,(H,22,24)/t15-/m1/s1. The molecule has 7 nitrogen and oxygen atoms in total. The third-order valence-corrected chi connectivity index (χ3v) is 6.14. The summed E-state index contributed by atoms with van der Waals surface area (Å²) in [7, 11) is -0.602. The van der Waals surface area contributed by atoms with Gasteiger partial charge in [0, 0.05) is 19.7 Å². The van der Waals surface area contributed by atoms with Crippen LogP contribution in [-0.4, -0.2) is 45.9 Å². The van der Waals surface area contributed by atoms with E-state index in [-0.39, 0.29) is 16.8 Å². The molecule has 0 aliphatic heterocycles. The number of carbonyl (C=O) groups is 1. The summed E-state index contributed by atoms with van der Waals surface area (Å²) in [5, 5.41) is 2.92. The number of hydrogen-bond donors (Lipinski definition) is 1. The summed E-state index contributed by atoms with van der Waals surface area (Å²) in [5.41, 5.74) is 1.25. The number of amides is 1. The summed E-state index contributed by atoms with van der Waals surface area (Å²) in [6.07, 6.45) is 0. The zero-order valence-corrected chi connectivity index (χ0v) is 18.2. The second-order valence-electron chi connectivity index (χ2n) is 6.58. The van der Waals surface area contributed by atoms with Crippen LogP contribution in [0.2, 0.25) is 0 Å². The van der Waals surface area contributed by atoms with Crippen molar-refractivity contribution >= 4 is 15.9 Å². The van der Waals surface area contributed by atoms with Crippen LogP contribution in [0.4, 0.5) is 0 Å².